The van der Waals surface area contributed by atoms with Gasteiger partial charge in [-0.15, -0.1) is 0 Å². The van der Waals surface area contributed by atoms with Gasteiger partial charge in [0.15, 0.2) is 0 Å². The molecule has 2 aromatic carbocycles. The van der Waals surface area contributed by atoms with Gasteiger partial charge in [0.05, 0.1) is 0 Å². The highest BCUT2D eigenvalue weighted by molar-refractivity contribution is 6.33. The van der Waals surface area contributed by atoms with E-state index in [4.69, 9.17) is 11.6 Å². The summed E-state index contributed by atoms with van der Waals surface area (Å²) in [6, 6.07) is 12.5. The Hall–Kier alpha value is -1.38. The summed E-state index contributed by atoms with van der Waals surface area (Å²) in [5, 5.41) is 3.91. The maximum Gasteiger partial charge on any atom is 0.123 e. The van der Waals surface area contributed by atoms with Gasteiger partial charge in [0, 0.05) is 17.1 Å². The van der Waals surface area contributed by atoms with E-state index in [2.05, 4.69) is 12.2 Å². The minimum absolute atomic E-state index is 0.270. The lowest BCUT2D eigenvalue weighted by Gasteiger charge is -2.07. The molecule has 0 aromatic heterocycles. The quantitative estimate of drug-likeness (QED) is 0.785. The highest BCUT2D eigenvalue weighted by atomic mass is 35.5. The maximum atomic E-state index is 13.2. The molecule has 2 aromatic rings. The van der Waals surface area contributed by atoms with Crippen LogP contribution in [-0.4, -0.2) is 6.54 Å². The summed E-state index contributed by atoms with van der Waals surface area (Å²) in [6.45, 7) is 4.00. The van der Waals surface area contributed by atoms with E-state index in [1.165, 1.54) is 17.7 Å². The molecule has 0 amide bonds. The molecule has 0 atom stereocenters. The van der Waals surface area contributed by atoms with Crippen LogP contribution in [0.15, 0.2) is 42.5 Å². The molecule has 0 fully saturated rings. The zero-order chi connectivity index (χ0) is 13.7. The molecule has 0 radical (unpaired) electrons. The first kappa shape index (κ1) is 14.0. The summed E-state index contributed by atoms with van der Waals surface area (Å²) in [7, 11) is 0. The Morgan fingerprint density at radius 3 is 2.53 bits per heavy atom. The molecule has 0 aliphatic carbocycles. The highest BCUT2D eigenvalue weighted by Gasteiger charge is 2.05. The first-order valence-electron chi connectivity index (χ1n) is 6.46. The summed E-state index contributed by atoms with van der Waals surface area (Å²) in [5.74, 6) is -0.270. The van der Waals surface area contributed by atoms with Crippen molar-refractivity contribution < 1.29 is 4.39 Å². The van der Waals surface area contributed by atoms with Gasteiger partial charge < -0.3 is 5.32 Å². The smallest absolute Gasteiger partial charge is 0.123 e. The molecule has 0 saturated carbocycles. The second-order valence-corrected chi connectivity index (χ2v) is 4.91. The largest absolute Gasteiger partial charge is 0.313 e. The van der Waals surface area contributed by atoms with E-state index >= 15 is 0 Å². The Morgan fingerprint density at radius 1 is 1.11 bits per heavy atom. The van der Waals surface area contributed by atoms with Crippen molar-refractivity contribution >= 4 is 11.6 Å². The van der Waals surface area contributed by atoms with Gasteiger partial charge in [-0.25, -0.2) is 4.39 Å². The van der Waals surface area contributed by atoms with Crippen molar-refractivity contribution in [2.75, 3.05) is 6.54 Å². The fraction of sp³-hybridized carbons (Fsp3) is 0.250. The molecule has 1 nitrogen and oxygen atoms in total. The molecule has 3 heteroatoms. The molecule has 0 spiro atoms. The average molecular weight is 278 g/mol. The average Bonchev–Trinajstić information content (AvgIpc) is 2.43. The maximum absolute atomic E-state index is 13.2. The first-order chi connectivity index (χ1) is 9.20. The van der Waals surface area contributed by atoms with Crippen molar-refractivity contribution in [3.8, 4) is 11.1 Å². The van der Waals surface area contributed by atoms with E-state index in [0.717, 1.165) is 30.6 Å². The predicted octanol–water partition coefficient (Wildman–Crippen LogP) is 4.65. The van der Waals surface area contributed by atoms with Crippen LogP contribution in [0.1, 0.15) is 18.9 Å². The summed E-state index contributed by atoms with van der Waals surface area (Å²) < 4.78 is 13.2. The van der Waals surface area contributed by atoms with Crippen LogP contribution in [0.5, 0.6) is 0 Å². The molecule has 0 unspecified atom stereocenters. The Kier molecular flexibility index (Phi) is 4.94. The van der Waals surface area contributed by atoms with Crippen LogP contribution in [-0.2, 0) is 6.54 Å². The zero-order valence-electron chi connectivity index (χ0n) is 10.9. The fourth-order valence-corrected chi connectivity index (χ4v) is 2.16. The van der Waals surface area contributed by atoms with Crippen molar-refractivity contribution in [3.05, 3.63) is 58.9 Å². The van der Waals surface area contributed by atoms with Gasteiger partial charge in [-0.05, 0) is 42.3 Å². The molecule has 0 aliphatic rings. The van der Waals surface area contributed by atoms with E-state index < -0.39 is 0 Å². The number of rotatable bonds is 5. The molecular weight excluding hydrogens is 261 g/mol. The summed E-state index contributed by atoms with van der Waals surface area (Å²) in [6.07, 6.45) is 1.12. The van der Waals surface area contributed by atoms with Crippen LogP contribution < -0.4 is 5.32 Å². The lowest BCUT2D eigenvalue weighted by molar-refractivity contribution is 0.628. The highest BCUT2D eigenvalue weighted by Crippen LogP contribution is 2.28. The first-order valence-corrected chi connectivity index (χ1v) is 6.83. The van der Waals surface area contributed by atoms with Crippen LogP contribution in [0, 0.1) is 5.82 Å². The topological polar surface area (TPSA) is 12.0 Å². The molecule has 0 heterocycles. The molecule has 100 valence electrons. The normalized spacial score (nSPS) is 10.7. The SMILES string of the molecule is CCCNCc1ccc(-c2cc(F)ccc2Cl)cc1. The summed E-state index contributed by atoms with van der Waals surface area (Å²) in [5.41, 5.74) is 2.88. The molecule has 0 aliphatic heterocycles. The van der Waals surface area contributed by atoms with E-state index in [1.54, 1.807) is 6.07 Å². The van der Waals surface area contributed by atoms with Gasteiger partial charge in [-0.3, -0.25) is 0 Å². The van der Waals surface area contributed by atoms with Gasteiger partial charge in [-0.2, -0.15) is 0 Å². The van der Waals surface area contributed by atoms with Crippen LogP contribution in [0.4, 0.5) is 4.39 Å². The Labute approximate surface area is 118 Å². The molecule has 0 saturated heterocycles. The summed E-state index contributed by atoms with van der Waals surface area (Å²) >= 11 is 6.09. The second-order valence-electron chi connectivity index (χ2n) is 4.50. The third kappa shape index (κ3) is 3.79. The van der Waals surface area contributed by atoms with E-state index in [1.807, 2.05) is 24.3 Å². The molecular formula is C16H17ClFN. The van der Waals surface area contributed by atoms with Gasteiger partial charge in [0.1, 0.15) is 5.82 Å². The van der Waals surface area contributed by atoms with Crippen LogP contribution in [0.3, 0.4) is 0 Å². The van der Waals surface area contributed by atoms with E-state index in [0.29, 0.717) is 5.02 Å². The zero-order valence-corrected chi connectivity index (χ0v) is 11.7. The second kappa shape index (κ2) is 6.69. The van der Waals surface area contributed by atoms with Crippen molar-refractivity contribution in [2.24, 2.45) is 0 Å². The predicted molar refractivity (Wildman–Crippen MR) is 78.8 cm³/mol. The number of nitrogens with one attached hydrogen (secondary N) is 1. The number of benzene rings is 2. The van der Waals surface area contributed by atoms with Gasteiger partial charge in [0.2, 0.25) is 0 Å². The van der Waals surface area contributed by atoms with Crippen molar-refractivity contribution in [3.63, 3.8) is 0 Å². The monoisotopic (exact) mass is 277 g/mol. The van der Waals surface area contributed by atoms with Crippen molar-refractivity contribution in [2.45, 2.75) is 19.9 Å². The molecule has 0 bridgehead atoms. The van der Waals surface area contributed by atoms with Crippen molar-refractivity contribution in [1.82, 2.24) is 5.32 Å². The van der Waals surface area contributed by atoms with Gasteiger partial charge in [-0.1, -0.05) is 42.8 Å². The Bertz CT molecular complexity index is 537. The van der Waals surface area contributed by atoms with Crippen molar-refractivity contribution in [1.29, 1.82) is 0 Å². The van der Waals surface area contributed by atoms with E-state index in [9.17, 15) is 4.39 Å². The third-order valence-corrected chi connectivity index (χ3v) is 3.28. The summed E-state index contributed by atoms with van der Waals surface area (Å²) in [4.78, 5) is 0. The van der Waals surface area contributed by atoms with Crippen LogP contribution in [0.2, 0.25) is 5.02 Å². The third-order valence-electron chi connectivity index (χ3n) is 2.95. The lowest BCUT2D eigenvalue weighted by Crippen LogP contribution is -2.13. The Morgan fingerprint density at radius 2 is 1.84 bits per heavy atom. The van der Waals surface area contributed by atoms with Crippen LogP contribution >= 0.6 is 11.6 Å². The molecule has 19 heavy (non-hydrogen) atoms. The van der Waals surface area contributed by atoms with Crippen LogP contribution in [0.25, 0.3) is 11.1 Å². The fourth-order valence-electron chi connectivity index (χ4n) is 1.93. The van der Waals surface area contributed by atoms with Gasteiger partial charge in [0.25, 0.3) is 0 Å². The number of halogens is 2. The minimum Gasteiger partial charge on any atom is -0.313 e. The number of hydrogen-bond donors (Lipinski definition) is 1. The minimum atomic E-state index is -0.270. The molecule has 1 N–H and O–H groups in total. The van der Waals surface area contributed by atoms with E-state index in [-0.39, 0.29) is 5.82 Å². The molecule has 2 rings (SSSR count). The standard InChI is InChI=1S/C16H17ClFN/c1-2-9-19-11-12-3-5-13(6-4-12)15-10-14(18)7-8-16(15)17/h3-8,10,19H,2,9,11H2,1H3. The van der Waals surface area contributed by atoms with Gasteiger partial charge >= 0.3 is 0 Å². The Balaban J connectivity index is 2.15. The lowest BCUT2D eigenvalue weighted by atomic mass is 10.0. The number of hydrogen-bond acceptors (Lipinski definition) is 1.